The molecule has 96 valence electrons. The van der Waals surface area contributed by atoms with Crippen LogP contribution in [-0.4, -0.2) is 5.78 Å². The molecule has 0 atom stereocenters. The summed E-state index contributed by atoms with van der Waals surface area (Å²) >= 11 is 0. The summed E-state index contributed by atoms with van der Waals surface area (Å²) in [4.78, 5) is 12.8. The van der Waals surface area contributed by atoms with E-state index in [1.54, 1.807) is 0 Å². The van der Waals surface area contributed by atoms with Crippen molar-refractivity contribution in [2.45, 2.75) is 56.8 Å². The molecular formula is C17H22O. The lowest BCUT2D eigenvalue weighted by molar-refractivity contribution is -0.125. The molecule has 0 saturated heterocycles. The van der Waals surface area contributed by atoms with Crippen LogP contribution in [-0.2, 0) is 10.2 Å². The SMILES string of the molecule is O=C(C1CCCCCC1)C1(c2ccccc2)CC1. The lowest BCUT2D eigenvalue weighted by Gasteiger charge is -2.21. The Hall–Kier alpha value is -1.11. The molecule has 3 rings (SSSR count). The molecule has 1 heteroatoms. The fourth-order valence-electron chi connectivity index (χ4n) is 3.49. The van der Waals surface area contributed by atoms with Gasteiger partial charge in [-0.25, -0.2) is 0 Å². The third kappa shape index (κ3) is 2.11. The van der Waals surface area contributed by atoms with Gasteiger partial charge in [-0.15, -0.1) is 0 Å². The van der Waals surface area contributed by atoms with Gasteiger partial charge in [-0.3, -0.25) is 4.79 Å². The maximum atomic E-state index is 12.8. The van der Waals surface area contributed by atoms with E-state index in [0.717, 1.165) is 25.7 Å². The Morgan fingerprint density at radius 2 is 1.56 bits per heavy atom. The first-order valence-corrected chi connectivity index (χ1v) is 7.43. The highest BCUT2D eigenvalue weighted by Gasteiger charge is 2.52. The molecule has 0 spiro atoms. The maximum absolute atomic E-state index is 12.8. The lowest BCUT2D eigenvalue weighted by atomic mass is 9.81. The molecule has 1 aromatic rings. The fraction of sp³-hybridized carbons (Fsp3) is 0.588. The molecule has 1 nitrogen and oxygen atoms in total. The summed E-state index contributed by atoms with van der Waals surface area (Å²) < 4.78 is 0. The van der Waals surface area contributed by atoms with Gasteiger partial charge in [-0.05, 0) is 31.2 Å². The van der Waals surface area contributed by atoms with Gasteiger partial charge in [0.05, 0.1) is 5.41 Å². The summed E-state index contributed by atoms with van der Waals surface area (Å²) in [6.45, 7) is 0. The molecule has 0 bridgehead atoms. The van der Waals surface area contributed by atoms with E-state index in [9.17, 15) is 4.79 Å². The Kier molecular flexibility index (Phi) is 3.23. The van der Waals surface area contributed by atoms with Gasteiger partial charge in [0.15, 0.2) is 0 Å². The molecular weight excluding hydrogens is 220 g/mol. The van der Waals surface area contributed by atoms with Gasteiger partial charge in [-0.2, -0.15) is 0 Å². The standard InChI is InChI=1S/C17H22O/c18-16(14-8-4-1-2-5-9-14)17(12-13-17)15-10-6-3-7-11-15/h3,6-7,10-11,14H,1-2,4-5,8-9,12-13H2. The predicted octanol–water partition coefficient (Wildman–Crippen LogP) is 4.26. The van der Waals surface area contributed by atoms with E-state index in [1.165, 1.54) is 31.2 Å². The van der Waals surface area contributed by atoms with Crippen LogP contribution in [0.5, 0.6) is 0 Å². The smallest absolute Gasteiger partial charge is 0.146 e. The number of carbonyl (C=O) groups is 1. The summed E-state index contributed by atoms with van der Waals surface area (Å²) in [6, 6.07) is 10.4. The fourth-order valence-corrected chi connectivity index (χ4v) is 3.49. The molecule has 0 N–H and O–H groups in total. The van der Waals surface area contributed by atoms with Gasteiger partial charge in [-0.1, -0.05) is 56.0 Å². The van der Waals surface area contributed by atoms with Gasteiger partial charge in [0, 0.05) is 5.92 Å². The first-order valence-electron chi connectivity index (χ1n) is 7.43. The molecule has 0 unspecified atom stereocenters. The van der Waals surface area contributed by atoms with Crippen LogP contribution >= 0.6 is 0 Å². The topological polar surface area (TPSA) is 17.1 Å². The number of carbonyl (C=O) groups excluding carboxylic acids is 1. The normalized spacial score (nSPS) is 23.3. The predicted molar refractivity (Wildman–Crippen MR) is 73.6 cm³/mol. The highest BCUT2D eigenvalue weighted by molar-refractivity contribution is 5.94. The Morgan fingerprint density at radius 3 is 2.11 bits per heavy atom. The van der Waals surface area contributed by atoms with Gasteiger partial charge in [0.25, 0.3) is 0 Å². The van der Waals surface area contributed by atoms with E-state index in [2.05, 4.69) is 24.3 Å². The Balaban J connectivity index is 1.79. The summed E-state index contributed by atoms with van der Waals surface area (Å²) in [5.41, 5.74) is 1.18. The summed E-state index contributed by atoms with van der Waals surface area (Å²) in [5.74, 6) is 0.894. The first kappa shape index (κ1) is 12.0. The van der Waals surface area contributed by atoms with Crippen LogP contribution in [0.15, 0.2) is 30.3 Å². The maximum Gasteiger partial charge on any atom is 0.146 e. The lowest BCUT2D eigenvalue weighted by Crippen LogP contribution is -2.28. The van der Waals surface area contributed by atoms with Crippen molar-refractivity contribution < 1.29 is 4.79 Å². The van der Waals surface area contributed by atoms with Crippen molar-refractivity contribution in [1.82, 2.24) is 0 Å². The van der Waals surface area contributed by atoms with Crippen LogP contribution in [0.25, 0.3) is 0 Å². The zero-order chi connectivity index (χ0) is 12.4. The molecule has 0 amide bonds. The van der Waals surface area contributed by atoms with E-state index in [0.29, 0.717) is 11.7 Å². The third-order valence-corrected chi connectivity index (χ3v) is 4.77. The second-order valence-corrected chi connectivity index (χ2v) is 6.00. The summed E-state index contributed by atoms with van der Waals surface area (Å²) in [6.07, 6.45) is 9.56. The van der Waals surface area contributed by atoms with Crippen LogP contribution in [0.1, 0.15) is 56.9 Å². The van der Waals surface area contributed by atoms with Crippen LogP contribution in [0.4, 0.5) is 0 Å². The van der Waals surface area contributed by atoms with E-state index in [1.807, 2.05) is 6.07 Å². The van der Waals surface area contributed by atoms with Crippen molar-refractivity contribution in [3.63, 3.8) is 0 Å². The van der Waals surface area contributed by atoms with Crippen LogP contribution in [0.2, 0.25) is 0 Å². The molecule has 0 aliphatic heterocycles. The monoisotopic (exact) mass is 242 g/mol. The van der Waals surface area contributed by atoms with E-state index < -0.39 is 0 Å². The van der Waals surface area contributed by atoms with Gasteiger partial charge in [0.1, 0.15) is 5.78 Å². The van der Waals surface area contributed by atoms with Gasteiger partial charge in [0.2, 0.25) is 0 Å². The highest BCUT2D eigenvalue weighted by Crippen LogP contribution is 2.51. The number of hydrogen-bond acceptors (Lipinski definition) is 1. The molecule has 2 aliphatic carbocycles. The zero-order valence-corrected chi connectivity index (χ0v) is 11.0. The largest absolute Gasteiger partial charge is 0.298 e. The third-order valence-electron chi connectivity index (χ3n) is 4.77. The molecule has 2 aliphatic rings. The van der Waals surface area contributed by atoms with Crippen molar-refractivity contribution in [1.29, 1.82) is 0 Å². The van der Waals surface area contributed by atoms with Crippen LogP contribution in [0.3, 0.4) is 0 Å². The van der Waals surface area contributed by atoms with Crippen LogP contribution in [0, 0.1) is 5.92 Å². The first-order chi connectivity index (χ1) is 8.83. The van der Waals surface area contributed by atoms with Gasteiger partial charge < -0.3 is 0 Å². The number of rotatable bonds is 3. The summed E-state index contributed by atoms with van der Waals surface area (Å²) in [5, 5.41) is 0. The molecule has 0 heterocycles. The number of benzene rings is 1. The average molecular weight is 242 g/mol. The Bertz CT molecular complexity index is 408. The Labute approximate surface area is 110 Å². The van der Waals surface area contributed by atoms with Crippen molar-refractivity contribution in [2.75, 3.05) is 0 Å². The minimum Gasteiger partial charge on any atom is -0.298 e. The second-order valence-electron chi connectivity index (χ2n) is 6.00. The zero-order valence-electron chi connectivity index (χ0n) is 11.0. The number of Topliss-reactive ketones (excluding diaryl/α,β-unsaturated/α-hetero) is 1. The van der Waals surface area contributed by atoms with E-state index >= 15 is 0 Å². The van der Waals surface area contributed by atoms with Crippen molar-refractivity contribution in [2.24, 2.45) is 5.92 Å². The number of hydrogen-bond donors (Lipinski definition) is 0. The molecule has 0 radical (unpaired) electrons. The van der Waals surface area contributed by atoms with Crippen molar-refractivity contribution >= 4 is 5.78 Å². The van der Waals surface area contributed by atoms with Crippen LogP contribution < -0.4 is 0 Å². The number of ketones is 1. The minimum absolute atomic E-state index is 0.0870. The van der Waals surface area contributed by atoms with Crippen molar-refractivity contribution in [3.8, 4) is 0 Å². The highest BCUT2D eigenvalue weighted by atomic mass is 16.1. The van der Waals surface area contributed by atoms with E-state index in [4.69, 9.17) is 0 Å². The molecule has 1 aromatic carbocycles. The molecule has 0 aromatic heterocycles. The molecule has 2 saturated carbocycles. The average Bonchev–Trinajstić information content (AvgIpc) is 3.24. The van der Waals surface area contributed by atoms with Crippen molar-refractivity contribution in [3.05, 3.63) is 35.9 Å². The molecule has 18 heavy (non-hydrogen) atoms. The second kappa shape index (κ2) is 4.87. The van der Waals surface area contributed by atoms with Gasteiger partial charge >= 0.3 is 0 Å². The minimum atomic E-state index is -0.0870. The van der Waals surface area contributed by atoms with E-state index in [-0.39, 0.29) is 5.41 Å². The quantitative estimate of drug-likeness (QED) is 0.724. The Morgan fingerprint density at radius 1 is 0.944 bits per heavy atom. The summed E-state index contributed by atoms with van der Waals surface area (Å²) in [7, 11) is 0. The molecule has 2 fully saturated rings.